The van der Waals surface area contributed by atoms with Gasteiger partial charge >= 0.3 is 7.82 Å². The van der Waals surface area contributed by atoms with Crippen LogP contribution in [0, 0.1) is 0 Å². The largest absolute Gasteiger partial charge is 0.756 e. The first-order valence-corrected chi connectivity index (χ1v) is 12.3. The van der Waals surface area contributed by atoms with E-state index in [-0.39, 0.29) is 17.0 Å². The molecule has 2 aromatic rings. The second kappa shape index (κ2) is 8.53. The number of imidazole rings is 1. The van der Waals surface area contributed by atoms with Crippen LogP contribution in [0.25, 0.3) is 11.2 Å². The van der Waals surface area contributed by atoms with E-state index in [1.54, 1.807) is 0 Å². The normalized spacial score (nSPS) is 28.5. The maximum absolute atomic E-state index is 11.6. The van der Waals surface area contributed by atoms with Crippen molar-refractivity contribution in [1.29, 1.82) is 0 Å². The van der Waals surface area contributed by atoms with Gasteiger partial charge in [-0.15, -0.1) is 0 Å². The molecule has 4 unspecified atom stereocenters. The molecular weight excluding hydrogens is 491 g/mol. The quantitative estimate of drug-likeness (QED) is 0.225. The SMILES string of the molecule is Nc1ncnc2c1ncn2[C@@H]1O[C@H](COP(=O)([O-])OP(=O)([O-])OP(=O)(O)O)C(O)C1O. The minimum Gasteiger partial charge on any atom is -0.756 e. The summed E-state index contributed by atoms with van der Waals surface area (Å²) in [5.74, 6) is 0.0284. The average molecular weight is 505 g/mol. The lowest BCUT2D eigenvalue weighted by Crippen LogP contribution is -2.34. The first-order chi connectivity index (χ1) is 14.2. The van der Waals surface area contributed by atoms with Crippen molar-refractivity contribution in [2.45, 2.75) is 24.5 Å². The molecule has 6 N–H and O–H groups in total. The Bertz CT molecular complexity index is 1100. The van der Waals surface area contributed by atoms with Crippen LogP contribution in [0.1, 0.15) is 6.23 Å². The molecule has 6 atom stereocenters. The summed E-state index contributed by atoms with van der Waals surface area (Å²) in [7, 11) is -17.4. The van der Waals surface area contributed by atoms with E-state index in [0.717, 1.165) is 6.33 Å². The van der Waals surface area contributed by atoms with E-state index in [1.165, 1.54) is 10.9 Å². The number of hydrogen-bond acceptors (Lipinski definition) is 15. The third kappa shape index (κ3) is 5.71. The number of ether oxygens (including phenoxy) is 1. The Labute approximate surface area is 171 Å². The van der Waals surface area contributed by atoms with E-state index >= 15 is 0 Å². The highest BCUT2D eigenvalue weighted by Gasteiger charge is 2.45. The van der Waals surface area contributed by atoms with Crippen LogP contribution in [0.4, 0.5) is 5.82 Å². The number of phosphoric ester groups is 1. The number of hydrogen-bond donors (Lipinski definition) is 5. The molecule has 31 heavy (non-hydrogen) atoms. The number of rotatable bonds is 8. The van der Waals surface area contributed by atoms with Gasteiger partial charge < -0.3 is 44.8 Å². The molecule has 0 aliphatic carbocycles. The van der Waals surface area contributed by atoms with Gasteiger partial charge in [0.1, 0.15) is 30.2 Å². The number of fused-ring (bicyclic) bond motifs is 1. The lowest BCUT2D eigenvalue weighted by molar-refractivity contribution is -0.241. The summed E-state index contributed by atoms with van der Waals surface area (Å²) < 4.78 is 50.9. The van der Waals surface area contributed by atoms with Crippen molar-refractivity contribution in [3.05, 3.63) is 12.7 Å². The summed E-state index contributed by atoms with van der Waals surface area (Å²) >= 11 is 0. The molecule has 1 fully saturated rings. The number of aliphatic hydroxyl groups excluding tert-OH is 2. The molecule has 1 aliphatic heterocycles. The number of anilines is 1. The monoisotopic (exact) mass is 505 g/mol. The highest BCUT2D eigenvalue weighted by molar-refractivity contribution is 7.65. The zero-order valence-corrected chi connectivity index (χ0v) is 17.5. The Morgan fingerprint density at radius 3 is 2.42 bits per heavy atom. The Morgan fingerprint density at radius 2 is 1.77 bits per heavy atom. The smallest absolute Gasteiger partial charge is 0.476 e. The Hall–Kier alpha value is -1.36. The van der Waals surface area contributed by atoms with Gasteiger partial charge in [0.2, 0.25) is 0 Å². The predicted octanol–water partition coefficient (Wildman–Crippen LogP) is -2.89. The van der Waals surface area contributed by atoms with Crippen LogP contribution < -0.4 is 15.5 Å². The Kier molecular flexibility index (Phi) is 6.68. The van der Waals surface area contributed by atoms with Gasteiger partial charge in [0.25, 0.3) is 15.6 Å². The molecule has 0 spiro atoms. The van der Waals surface area contributed by atoms with Gasteiger partial charge in [-0.2, -0.15) is 0 Å². The van der Waals surface area contributed by atoms with Crippen LogP contribution in [-0.2, 0) is 31.6 Å². The standard InChI is InChI=1S/C10H16N5O13P3/c11-8-5-9(13-2-12-8)15(3-14-5)10-7(17)6(16)4(26-10)1-25-30(21,22)28-31(23,24)27-29(18,19)20/h2-4,6-7,10,16-17H,1H2,(H,21,22)(H,23,24)(H2,11,12,13)(H2,18,19,20)/p-2/t4-,6?,7?,10-/m1/s1. The lowest BCUT2D eigenvalue weighted by atomic mass is 10.1. The number of nitrogens with zero attached hydrogens (tertiary/aromatic N) is 4. The van der Waals surface area contributed by atoms with Crippen molar-refractivity contribution in [2.75, 3.05) is 12.3 Å². The first-order valence-electron chi connectivity index (χ1n) is 7.88. The van der Waals surface area contributed by atoms with Crippen LogP contribution in [-0.4, -0.2) is 64.4 Å². The fraction of sp³-hybridized carbons (Fsp3) is 0.500. The van der Waals surface area contributed by atoms with E-state index in [1.807, 2.05) is 0 Å². The summed E-state index contributed by atoms with van der Waals surface area (Å²) in [6, 6.07) is 0. The van der Waals surface area contributed by atoms with Gasteiger partial charge in [-0.1, -0.05) is 0 Å². The van der Waals surface area contributed by atoms with Gasteiger partial charge in [0.15, 0.2) is 17.7 Å². The zero-order valence-electron chi connectivity index (χ0n) is 14.8. The average Bonchev–Trinajstić information content (AvgIpc) is 3.13. The highest BCUT2D eigenvalue weighted by Crippen LogP contribution is 2.62. The summed E-state index contributed by atoms with van der Waals surface area (Å²) in [5.41, 5.74) is 5.95. The lowest BCUT2D eigenvalue weighted by Gasteiger charge is -2.30. The topological polar surface area (TPSA) is 285 Å². The van der Waals surface area contributed by atoms with Crippen molar-refractivity contribution in [3.63, 3.8) is 0 Å². The fourth-order valence-electron chi connectivity index (χ4n) is 2.61. The van der Waals surface area contributed by atoms with Gasteiger partial charge in [0.05, 0.1) is 12.9 Å². The van der Waals surface area contributed by atoms with E-state index in [9.17, 15) is 33.7 Å². The van der Waals surface area contributed by atoms with Crippen LogP contribution in [0.2, 0.25) is 0 Å². The van der Waals surface area contributed by atoms with Gasteiger partial charge in [0, 0.05) is 0 Å². The Balaban J connectivity index is 1.69. The van der Waals surface area contributed by atoms with Crippen LogP contribution >= 0.6 is 23.5 Å². The van der Waals surface area contributed by atoms with Crippen LogP contribution in [0.5, 0.6) is 0 Å². The number of aromatic nitrogens is 4. The molecular formula is C10H14N5O13P3-2. The second-order valence-electron chi connectivity index (χ2n) is 5.97. The summed E-state index contributed by atoms with van der Waals surface area (Å²) in [5, 5.41) is 20.4. The fourth-order valence-corrected chi connectivity index (χ4v) is 5.54. The van der Waals surface area contributed by atoms with Crippen molar-refractivity contribution in [2.24, 2.45) is 0 Å². The molecule has 0 amide bonds. The molecule has 0 radical (unpaired) electrons. The molecule has 0 saturated carbocycles. The van der Waals surface area contributed by atoms with Crippen molar-refractivity contribution in [3.8, 4) is 0 Å². The molecule has 2 aromatic heterocycles. The van der Waals surface area contributed by atoms with E-state index in [4.69, 9.17) is 20.3 Å². The first kappa shape index (κ1) is 24.3. The van der Waals surface area contributed by atoms with Crippen molar-refractivity contribution < 1.29 is 61.4 Å². The van der Waals surface area contributed by atoms with Gasteiger partial charge in [-0.05, 0) is 0 Å². The van der Waals surface area contributed by atoms with Crippen molar-refractivity contribution in [1.82, 2.24) is 19.5 Å². The Morgan fingerprint density at radius 1 is 1.10 bits per heavy atom. The molecule has 3 heterocycles. The molecule has 18 nitrogen and oxygen atoms in total. The van der Waals surface area contributed by atoms with Crippen LogP contribution in [0.3, 0.4) is 0 Å². The maximum atomic E-state index is 11.6. The highest BCUT2D eigenvalue weighted by atomic mass is 31.3. The number of nitrogen functional groups attached to an aromatic ring is 1. The molecule has 0 aromatic carbocycles. The third-order valence-electron chi connectivity index (χ3n) is 3.80. The van der Waals surface area contributed by atoms with Crippen LogP contribution in [0.15, 0.2) is 12.7 Å². The minimum absolute atomic E-state index is 0.0284. The number of nitrogens with two attached hydrogens (primary N) is 1. The molecule has 3 rings (SSSR count). The minimum atomic E-state index is -6.01. The molecule has 21 heteroatoms. The predicted molar refractivity (Wildman–Crippen MR) is 91.0 cm³/mol. The second-order valence-corrected chi connectivity index (χ2v) is 10.3. The van der Waals surface area contributed by atoms with Gasteiger partial charge in [-0.25, -0.2) is 28.1 Å². The maximum Gasteiger partial charge on any atom is 0.476 e. The summed E-state index contributed by atoms with van der Waals surface area (Å²) in [6.45, 7) is -1.05. The summed E-state index contributed by atoms with van der Waals surface area (Å²) in [4.78, 5) is 51.3. The molecule has 174 valence electrons. The van der Waals surface area contributed by atoms with E-state index < -0.39 is 54.6 Å². The third-order valence-corrected chi connectivity index (χ3v) is 7.52. The zero-order chi connectivity index (χ0) is 23.2. The van der Waals surface area contributed by atoms with E-state index in [0.29, 0.717) is 0 Å². The molecule has 0 bridgehead atoms. The molecule has 1 aliphatic rings. The number of aliphatic hydroxyl groups is 2. The summed E-state index contributed by atoms with van der Waals surface area (Å²) in [6.07, 6.45) is -3.89. The number of phosphoric acid groups is 3. The van der Waals surface area contributed by atoms with Gasteiger partial charge in [-0.3, -0.25) is 13.7 Å². The van der Waals surface area contributed by atoms with Crippen molar-refractivity contribution >= 4 is 40.4 Å². The van der Waals surface area contributed by atoms with E-state index in [2.05, 4.69) is 28.1 Å². The molecule has 1 saturated heterocycles.